The number of hydrogen-bond donors (Lipinski definition) is 1. The molecule has 0 atom stereocenters. The van der Waals surface area contributed by atoms with E-state index in [9.17, 15) is 14.7 Å². The third kappa shape index (κ3) is 6.49. The first-order chi connectivity index (χ1) is 16.9. The third-order valence-corrected chi connectivity index (χ3v) is 6.27. The van der Waals surface area contributed by atoms with Crippen LogP contribution in [0, 0.1) is 0 Å². The fourth-order valence-corrected chi connectivity index (χ4v) is 4.50. The summed E-state index contributed by atoms with van der Waals surface area (Å²) in [6, 6.07) is 12.7. The maximum absolute atomic E-state index is 12.4. The largest absolute Gasteiger partial charge is 0.497 e. The molecule has 0 saturated heterocycles. The molecule has 0 bridgehead atoms. The van der Waals surface area contributed by atoms with E-state index in [1.54, 1.807) is 51.4 Å². The van der Waals surface area contributed by atoms with Gasteiger partial charge in [-0.15, -0.1) is 11.3 Å². The Morgan fingerprint density at radius 3 is 2.40 bits per heavy atom. The van der Waals surface area contributed by atoms with Crippen molar-refractivity contribution < 1.29 is 33.6 Å². The molecule has 10 heteroatoms. The number of carboxylic acid groups (broad SMARTS) is 1. The second-order valence-electron chi connectivity index (χ2n) is 7.43. The summed E-state index contributed by atoms with van der Waals surface area (Å²) in [6.07, 6.45) is 0. The quantitative estimate of drug-likeness (QED) is 0.368. The zero-order valence-electron chi connectivity index (χ0n) is 20.1. The Bertz CT molecular complexity index is 1180. The molecule has 186 valence electrons. The highest BCUT2D eigenvalue weighted by molar-refractivity contribution is 7.17. The summed E-state index contributed by atoms with van der Waals surface area (Å²) in [5.74, 6) is 0.311. The molecule has 0 radical (unpaired) electrons. The van der Waals surface area contributed by atoms with Gasteiger partial charge in [-0.3, -0.25) is 9.69 Å². The molecule has 3 rings (SSSR count). The number of benzene rings is 2. The number of methoxy groups -OCH3 is 3. The highest BCUT2D eigenvalue weighted by Crippen LogP contribution is 2.35. The highest BCUT2D eigenvalue weighted by Gasteiger charge is 2.24. The van der Waals surface area contributed by atoms with Crippen molar-refractivity contribution in [1.82, 2.24) is 9.88 Å². The zero-order valence-corrected chi connectivity index (χ0v) is 20.9. The molecule has 2 aromatic carbocycles. The van der Waals surface area contributed by atoms with Crippen molar-refractivity contribution >= 4 is 23.3 Å². The molecule has 1 N–H and O–H groups in total. The number of thiazole rings is 1. The van der Waals surface area contributed by atoms with E-state index in [4.69, 9.17) is 18.9 Å². The summed E-state index contributed by atoms with van der Waals surface area (Å²) in [4.78, 5) is 30.9. The number of aromatic nitrogens is 1. The van der Waals surface area contributed by atoms with E-state index in [2.05, 4.69) is 4.98 Å². The number of ether oxygens (including phenoxy) is 4. The van der Waals surface area contributed by atoms with Crippen LogP contribution in [0.4, 0.5) is 0 Å². The van der Waals surface area contributed by atoms with Gasteiger partial charge in [0.1, 0.15) is 27.1 Å². The second-order valence-corrected chi connectivity index (χ2v) is 8.43. The lowest BCUT2D eigenvalue weighted by molar-refractivity contribution is -0.144. The SMILES string of the molecule is CCOC(=O)CN(Cc1ccc(OC)cc1OC)Cc1nc(-c2ccccc2OC)sc1C(=O)O. The van der Waals surface area contributed by atoms with Crippen LogP contribution in [0.1, 0.15) is 27.9 Å². The molecule has 9 nitrogen and oxygen atoms in total. The van der Waals surface area contributed by atoms with Gasteiger partial charge in [0.25, 0.3) is 0 Å². The Hall–Kier alpha value is -3.63. The average Bonchev–Trinajstić information content (AvgIpc) is 3.28. The zero-order chi connectivity index (χ0) is 25.4. The molecule has 0 aliphatic carbocycles. The van der Waals surface area contributed by atoms with Gasteiger partial charge in [0, 0.05) is 24.7 Å². The normalized spacial score (nSPS) is 10.8. The Morgan fingerprint density at radius 2 is 1.74 bits per heavy atom. The van der Waals surface area contributed by atoms with Crippen molar-refractivity contribution in [2.75, 3.05) is 34.5 Å². The lowest BCUT2D eigenvalue weighted by Crippen LogP contribution is -2.31. The first kappa shape index (κ1) is 26.0. The molecule has 1 aromatic heterocycles. The van der Waals surface area contributed by atoms with Gasteiger partial charge in [0.05, 0.1) is 45.7 Å². The number of carbonyl (C=O) groups excluding carboxylic acids is 1. The van der Waals surface area contributed by atoms with E-state index in [0.29, 0.717) is 40.1 Å². The van der Waals surface area contributed by atoms with E-state index in [0.717, 1.165) is 16.9 Å². The maximum atomic E-state index is 12.4. The lowest BCUT2D eigenvalue weighted by Gasteiger charge is -2.22. The maximum Gasteiger partial charge on any atom is 0.347 e. The Morgan fingerprint density at radius 1 is 1.00 bits per heavy atom. The van der Waals surface area contributed by atoms with Gasteiger partial charge in [-0.25, -0.2) is 9.78 Å². The molecule has 0 saturated carbocycles. The number of nitrogens with zero attached hydrogens (tertiary/aromatic N) is 2. The lowest BCUT2D eigenvalue weighted by atomic mass is 10.1. The number of carboxylic acids is 1. The molecular formula is C25H28N2O7S. The van der Waals surface area contributed by atoms with E-state index in [1.807, 2.05) is 24.3 Å². The highest BCUT2D eigenvalue weighted by atomic mass is 32.1. The fraction of sp³-hybridized carbons (Fsp3) is 0.320. The van der Waals surface area contributed by atoms with Crippen molar-refractivity contribution in [2.24, 2.45) is 0 Å². The van der Waals surface area contributed by atoms with Gasteiger partial charge in [-0.05, 0) is 25.1 Å². The molecule has 0 spiro atoms. The van der Waals surface area contributed by atoms with Crippen LogP contribution >= 0.6 is 11.3 Å². The topological polar surface area (TPSA) is 107 Å². The molecule has 0 fully saturated rings. The van der Waals surface area contributed by atoms with Crippen molar-refractivity contribution in [3.63, 3.8) is 0 Å². The molecular weight excluding hydrogens is 472 g/mol. The third-order valence-electron chi connectivity index (χ3n) is 5.15. The van der Waals surface area contributed by atoms with Crippen LogP contribution in [0.5, 0.6) is 17.2 Å². The van der Waals surface area contributed by atoms with Gasteiger partial charge in [-0.1, -0.05) is 18.2 Å². The monoisotopic (exact) mass is 500 g/mol. The van der Waals surface area contributed by atoms with Crippen molar-refractivity contribution in [3.05, 3.63) is 58.6 Å². The van der Waals surface area contributed by atoms with Crippen LogP contribution in [0.15, 0.2) is 42.5 Å². The van der Waals surface area contributed by atoms with Crippen LogP contribution in [0.3, 0.4) is 0 Å². The Balaban J connectivity index is 1.97. The fourth-order valence-electron chi connectivity index (χ4n) is 3.55. The molecule has 35 heavy (non-hydrogen) atoms. The summed E-state index contributed by atoms with van der Waals surface area (Å²) in [6.45, 7) is 2.34. The number of aromatic carboxylic acids is 1. The first-order valence-corrected chi connectivity index (χ1v) is 11.7. The van der Waals surface area contributed by atoms with Crippen LogP contribution in [0.25, 0.3) is 10.6 Å². The molecule has 0 amide bonds. The molecule has 0 unspecified atom stereocenters. The number of esters is 1. The molecule has 3 aromatic rings. The van der Waals surface area contributed by atoms with Crippen molar-refractivity contribution in [3.8, 4) is 27.8 Å². The first-order valence-electron chi connectivity index (χ1n) is 10.8. The average molecular weight is 501 g/mol. The smallest absolute Gasteiger partial charge is 0.347 e. The van der Waals surface area contributed by atoms with Crippen LogP contribution in [-0.4, -0.2) is 61.4 Å². The Kier molecular flexibility index (Phi) is 9.04. The van der Waals surface area contributed by atoms with Crippen LogP contribution in [0.2, 0.25) is 0 Å². The summed E-state index contributed by atoms with van der Waals surface area (Å²) in [5, 5.41) is 10.4. The summed E-state index contributed by atoms with van der Waals surface area (Å²) >= 11 is 1.07. The summed E-state index contributed by atoms with van der Waals surface area (Å²) < 4.78 is 21.3. The van der Waals surface area contributed by atoms with Crippen molar-refractivity contribution in [1.29, 1.82) is 0 Å². The molecule has 0 aliphatic heterocycles. The van der Waals surface area contributed by atoms with Gasteiger partial charge >= 0.3 is 11.9 Å². The van der Waals surface area contributed by atoms with Crippen LogP contribution in [-0.2, 0) is 22.6 Å². The second kappa shape index (κ2) is 12.2. The molecule has 0 aliphatic rings. The van der Waals surface area contributed by atoms with E-state index in [1.165, 1.54) is 0 Å². The summed E-state index contributed by atoms with van der Waals surface area (Å²) in [5.41, 5.74) is 1.84. The van der Waals surface area contributed by atoms with E-state index >= 15 is 0 Å². The number of rotatable bonds is 12. The predicted molar refractivity (Wildman–Crippen MR) is 131 cm³/mol. The Labute approximate surface area is 207 Å². The van der Waals surface area contributed by atoms with E-state index < -0.39 is 11.9 Å². The predicted octanol–water partition coefficient (Wildman–Crippen LogP) is 4.10. The molecule has 1 heterocycles. The van der Waals surface area contributed by atoms with Crippen molar-refractivity contribution in [2.45, 2.75) is 20.0 Å². The van der Waals surface area contributed by atoms with Gasteiger partial charge in [0.2, 0.25) is 0 Å². The van der Waals surface area contributed by atoms with Gasteiger partial charge in [-0.2, -0.15) is 0 Å². The number of hydrogen-bond acceptors (Lipinski definition) is 9. The van der Waals surface area contributed by atoms with E-state index in [-0.39, 0.29) is 24.6 Å². The van der Waals surface area contributed by atoms with Crippen LogP contribution < -0.4 is 14.2 Å². The summed E-state index contributed by atoms with van der Waals surface area (Å²) in [7, 11) is 4.67. The minimum absolute atomic E-state index is 0.0520. The minimum Gasteiger partial charge on any atom is -0.497 e. The van der Waals surface area contributed by atoms with Gasteiger partial charge < -0.3 is 24.1 Å². The minimum atomic E-state index is -1.09. The number of para-hydroxylation sites is 1. The number of carbonyl (C=O) groups is 2. The standard InChI is InChI=1S/C25H28N2O7S/c1-5-34-22(28)15-27(13-16-10-11-17(31-2)12-21(16)33-4)14-19-23(25(29)30)35-24(26-19)18-8-6-7-9-20(18)32-3/h6-12H,5,13-15H2,1-4H3,(H,29,30). The van der Waals surface area contributed by atoms with Gasteiger partial charge in [0.15, 0.2) is 0 Å².